The third kappa shape index (κ3) is 6.14. The number of aryl methyl sites for hydroxylation is 1. The largest absolute Gasteiger partial charge is 0.497 e. The molecule has 0 saturated heterocycles. The Balaban J connectivity index is 2.27. The van der Waals surface area contributed by atoms with E-state index in [1.807, 2.05) is 45.0 Å². The molecule has 0 radical (unpaired) electrons. The number of ether oxygens (including phenoxy) is 1. The maximum Gasteiger partial charge on any atom is 0.244 e. The van der Waals surface area contributed by atoms with Crippen LogP contribution in [0.2, 0.25) is 0 Å². The summed E-state index contributed by atoms with van der Waals surface area (Å²) >= 11 is 0. The minimum atomic E-state index is -3.65. The Bertz CT molecular complexity index is 1010. The lowest BCUT2D eigenvalue weighted by Gasteiger charge is -2.18. The molecule has 0 saturated carbocycles. The maximum absolute atomic E-state index is 13.0. The SMILES string of the molecule is COc1ccc(C#CCN(CC=C=C(C)C)S(=O)(=O)c2ccc(C)cc2)cc1. The zero-order valence-corrected chi connectivity index (χ0v) is 17.5. The molecule has 0 aliphatic heterocycles. The van der Waals surface area contributed by atoms with Gasteiger partial charge in [0.1, 0.15) is 5.75 Å². The van der Waals surface area contributed by atoms with E-state index in [-0.39, 0.29) is 18.0 Å². The molecule has 0 spiro atoms. The third-order valence-electron chi connectivity index (χ3n) is 3.92. The Morgan fingerprint density at radius 3 is 2.29 bits per heavy atom. The molecule has 0 aliphatic carbocycles. The smallest absolute Gasteiger partial charge is 0.244 e. The van der Waals surface area contributed by atoms with Crippen LogP contribution in [-0.2, 0) is 10.0 Å². The summed E-state index contributed by atoms with van der Waals surface area (Å²) in [5.41, 5.74) is 5.84. The molecule has 28 heavy (non-hydrogen) atoms. The molecule has 0 aliphatic rings. The van der Waals surface area contributed by atoms with Gasteiger partial charge in [0.05, 0.1) is 18.6 Å². The number of hydrogen-bond acceptors (Lipinski definition) is 3. The van der Waals surface area contributed by atoms with Crippen LogP contribution in [0.5, 0.6) is 5.75 Å². The van der Waals surface area contributed by atoms with E-state index in [0.717, 1.165) is 22.4 Å². The molecular formula is C23H25NO3S. The summed E-state index contributed by atoms with van der Waals surface area (Å²) in [6.45, 7) is 6.05. The highest BCUT2D eigenvalue weighted by Gasteiger charge is 2.22. The molecule has 4 nitrogen and oxygen atoms in total. The molecular weight excluding hydrogens is 370 g/mol. The van der Waals surface area contributed by atoms with Gasteiger partial charge in [-0.1, -0.05) is 29.5 Å². The highest BCUT2D eigenvalue weighted by Crippen LogP contribution is 2.16. The van der Waals surface area contributed by atoms with Crippen molar-refractivity contribution in [3.63, 3.8) is 0 Å². The van der Waals surface area contributed by atoms with Crippen molar-refractivity contribution >= 4 is 10.0 Å². The standard InChI is InChI=1S/C23H25NO3S/c1-19(2)7-5-17-24(28(25,26)23-15-9-20(3)10-16-23)18-6-8-21-11-13-22(27-4)14-12-21/h5,9-16H,17-18H2,1-4H3. The van der Waals surface area contributed by atoms with Crippen LogP contribution < -0.4 is 4.74 Å². The van der Waals surface area contributed by atoms with E-state index in [2.05, 4.69) is 17.6 Å². The zero-order valence-electron chi connectivity index (χ0n) is 16.7. The average Bonchev–Trinajstić information content (AvgIpc) is 2.67. The minimum absolute atomic E-state index is 0.0865. The van der Waals surface area contributed by atoms with Crippen molar-refractivity contribution < 1.29 is 13.2 Å². The van der Waals surface area contributed by atoms with Gasteiger partial charge >= 0.3 is 0 Å². The molecule has 0 bridgehead atoms. The Morgan fingerprint density at radius 2 is 1.71 bits per heavy atom. The normalized spacial score (nSPS) is 10.6. The van der Waals surface area contributed by atoms with Crippen molar-refractivity contribution in [2.75, 3.05) is 20.2 Å². The van der Waals surface area contributed by atoms with Gasteiger partial charge in [0, 0.05) is 12.1 Å². The molecule has 0 aromatic heterocycles. The fourth-order valence-electron chi connectivity index (χ4n) is 2.36. The first kappa shape index (κ1) is 21.5. The highest BCUT2D eigenvalue weighted by atomic mass is 32.2. The lowest BCUT2D eigenvalue weighted by molar-refractivity contribution is 0.415. The van der Waals surface area contributed by atoms with Crippen LogP contribution in [0.1, 0.15) is 25.0 Å². The van der Waals surface area contributed by atoms with E-state index in [4.69, 9.17) is 4.74 Å². The number of benzene rings is 2. The first-order chi connectivity index (χ1) is 13.3. The molecule has 0 unspecified atom stereocenters. The number of sulfonamides is 1. The summed E-state index contributed by atoms with van der Waals surface area (Å²) in [6, 6.07) is 14.2. The van der Waals surface area contributed by atoms with Crippen LogP contribution in [0.15, 0.2) is 70.8 Å². The first-order valence-electron chi connectivity index (χ1n) is 8.91. The second kappa shape index (κ2) is 9.96. The van der Waals surface area contributed by atoms with Gasteiger partial charge in [-0.15, -0.1) is 5.73 Å². The molecule has 0 atom stereocenters. The Labute approximate surface area is 168 Å². The lowest BCUT2D eigenvalue weighted by atomic mass is 10.2. The van der Waals surface area contributed by atoms with Crippen LogP contribution in [-0.4, -0.2) is 32.9 Å². The lowest BCUT2D eigenvalue weighted by Crippen LogP contribution is -2.31. The summed E-state index contributed by atoms with van der Waals surface area (Å²) in [7, 11) is -2.04. The summed E-state index contributed by atoms with van der Waals surface area (Å²) in [5, 5.41) is 0. The van der Waals surface area contributed by atoms with Crippen molar-refractivity contribution in [1.82, 2.24) is 4.31 Å². The molecule has 5 heteroatoms. The van der Waals surface area contributed by atoms with Crippen LogP contribution in [0.3, 0.4) is 0 Å². The number of hydrogen-bond donors (Lipinski definition) is 0. The van der Waals surface area contributed by atoms with E-state index in [1.165, 1.54) is 4.31 Å². The fraction of sp³-hybridized carbons (Fsp3) is 0.261. The summed E-state index contributed by atoms with van der Waals surface area (Å²) in [5.74, 6) is 6.72. The van der Waals surface area contributed by atoms with Gasteiger partial charge in [-0.25, -0.2) is 8.42 Å². The van der Waals surface area contributed by atoms with E-state index in [1.54, 1.807) is 37.5 Å². The van der Waals surface area contributed by atoms with Crippen LogP contribution in [0, 0.1) is 18.8 Å². The summed E-state index contributed by atoms with van der Waals surface area (Å²) in [4.78, 5) is 0.259. The van der Waals surface area contributed by atoms with E-state index in [0.29, 0.717) is 0 Å². The molecule has 2 aromatic rings. The first-order valence-corrected chi connectivity index (χ1v) is 10.3. The number of rotatable bonds is 6. The van der Waals surface area contributed by atoms with Crippen LogP contribution in [0.25, 0.3) is 0 Å². The van der Waals surface area contributed by atoms with Crippen molar-refractivity contribution in [3.8, 4) is 17.6 Å². The quantitative estimate of drug-likeness (QED) is 0.545. The van der Waals surface area contributed by atoms with Gasteiger partial charge < -0.3 is 4.74 Å². The molecule has 0 N–H and O–H groups in total. The van der Waals surface area contributed by atoms with Gasteiger partial charge in [-0.05, 0) is 68.8 Å². The summed E-state index contributed by atoms with van der Waals surface area (Å²) in [6.07, 6.45) is 1.72. The van der Waals surface area contributed by atoms with E-state index >= 15 is 0 Å². The maximum atomic E-state index is 13.0. The van der Waals surface area contributed by atoms with Gasteiger partial charge in [0.25, 0.3) is 0 Å². The van der Waals surface area contributed by atoms with Gasteiger partial charge in [0.2, 0.25) is 10.0 Å². The number of methoxy groups -OCH3 is 1. The van der Waals surface area contributed by atoms with Gasteiger partial charge in [-0.2, -0.15) is 4.31 Å². The van der Waals surface area contributed by atoms with E-state index in [9.17, 15) is 8.42 Å². The van der Waals surface area contributed by atoms with Crippen LogP contribution >= 0.6 is 0 Å². The molecule has 2 aromatic carbocycles. The second-order valence-electron chi connectivity index (χ2n) is 6.49. The monoisotopic (exact) mass is 395 g/mol. The third-order valence-corrected chi connectivity index (χ3v) is 5.75. The van der Waals surface area contributed by atoms with Crippen molar-refractivity contribution in [1.29, 1.82) is 0 Å². The fourth-order valence-corrected chi connectivity index (χ4v) is 3.65. The molecule has 0 fully saturated rings. The molecule has 146 valence electrons. The Hall–Kier alpha value is -2.77. The minimum Gasteiger partial charge on any atom is -0.497 e. The van der Waals surface area contributed by atoms with Crippen molar-refractivity contribution in [2.45, 2.75) is 25.7 Å². The predicted molar refractivity (Wildman–Crippen MR) is 113 cm³/mol. The Morgan fingerprint density at radius 1 is 1.07 bits per heavy atom. The second-order valence-corrected chi connectivity index (χ2v) is 8.43. The topological polar surface area (TPSA) is 46.6 Å². The number of nitrogens with zero attached hydrogens (tertiary/aromatic N) is 1. The molecule has 0 amide bonds. The Kier molecular flexibility index (Phi) is 7.66. The van der Waals surface area contributed by atoms with Gasteiger partial charge in [0.15, 0.2) is 0 Å². The van der Waals surface area contributed by atoms with E-state index < -0.39 is 10.0 Å². The summed E-state index contributed by atoms with van der Waals surface area (Å²) < 4.78 is 32.5. The highest BCUT2D eigenvalue weighted by molar-refractivity contribution is 7.89. The molecule has 2 rings (SSSR count). The van der Waals surface area contributed by atoms with Crippen molar-refractivity contribution in [3.05, 3.63) is 77.0 Å². The molecule has 0 heterocycles. The zero-order chi connectivity index (χ0) is 20.6. The van der Waals surface area contributed by atoms with Gasteiger partial charge in [-0.3, -0.25) is 0 Å². The average molecular weight is 396 g/mol. The predicted octanol–water partition coefficient (Wildman–Crippen LogP) is 4.17. The van der Waals surface area contributed by atoms with Crippen LogP contribution in [0.4, 0.5) is 0 Å². The van der Waals surface area contributed by atoms with Crippen molar-refractivity contribution in [2.24, 2.45) is 0 Å².